The molecule has 0 fully saturated rings. The highest BCUT2D eigenvalue weighted by Gasteiger charge is 2.36. The molecule has 1 aliphatic heterocycles. The minimum atomic E-state index is -3.74. The number of nitrogens with zero attached hydrogens (tertiary/aromatic N) is 2. The summed E-state index contributed by atoms with van der Waals surface area (Å²) in [7, 11) is -3.74. The lowest BCUT2D eigenvalue weighted by atomic mass is 10.2. The smallest absolute Gasteiger partial charge is 0.246 e. The highest BCUT2D eigenvalue weighted by Crippen LogP contribution is 2.36. The summed E-state index contributed by atoms with van der Waals surface area (Å²) in [4.78, 5) is -0.0137. The van der Waals surface area contributed by atoms with Crippen molar-refractivity contribution < 1.29 is 8.42 Å². The van der Waals surface area contributed by atoms with E-state index in [1.54, 1.807) is 6.07 Å². The Bertz CT molecular complexity index is 766. The van der Waals surface area contributed by atoms with E-state index in [0.717, 1.165) is 5.69 Å². The third-order valence-corrected chi connectivity index (χ3v) is 6.70. The predicted molar refractivity (Wildman–Crippen MR) is 83.2 cm³/mol. The molecule has 0 saturated carbocycles. The van der Waals surface area contributed by atoms with Crippen molar-refractivity contribution in [3.05, 3.63) is 52.3 Å². The van der Waals surface area contributed by atoms with Gasteiger partial charge in [0.25, 0.3) is 0 Å². The van der Waals surface area contributed by atoms with Crippen molar-refractivity contribution in [3.63, 3.8) is 0 Å². The van der Waals surface area contributed by atoms with Crippen LogP contribution in [0.1, 0.15) is 18.7 Å². The lowest BCUT2D eigenvalue weighted by Gasteiger charge is -2.34. The molecule has 0 saturated heterocycles. The zero-order chi connectivity index (χ0) is 15.2. The van der Waals surface area contributed by atoms with Crippen molar-refractivity contribution in [2.75, 3.05) is 6.54 Å². The summed E-state index contributed by atoms with van der Waals surface area (Å²) in [5.41, 5.74) is 0.966. The van der Waals surface area contributed by atoms with Crippen LogP contribution in [-0.2, 0) is 16.6 Å². The first kappa shape index (κ1) is 14.9. The lowest BCUT2D eigenvalue weighted by molar-refractivity contribution is 0.282. The Labute approximate surface area is 133 Å². The summed E-state index contributed by atoms with van der Waals surface area (Å²) in [6.07, 6.45) is 1.96. The predicted octanol–water partition coefficient (Wildman–Crippen LogP) is 3.56. The largest absolute Gasteiger partial charge is 0.349 e. The fourth-order valence-electron chi connectivity index (χ4n) is 2.73. The molecule has 0 amide bonds. The average molecular weight is 345 g/mol. The van der Waals surface area contributed by atoms with E-state index in [4.69, 9.17) is 23.2 Å². The van der Waals surface area contributed by atoms with Gasteiger partial charge < -0.3 is 4.57 Å². The zero-order valence-corrected chi connectivity index (χ0v) is 13.7. The quantitative estimate of drug-likeness (QED) is 0.835. The van der Waals surface area contributed by atoms with Crippen LogP contribution in [0.25, 0.3) is 0 Å². The number of benzene rings is 1. The summed E-state index contributed by atoms with van der Waals surface area (Å²) < 4.78 is 29.4. The topological polar surface area (TPSA) is 42.3 Å². The van der Waals surface area contributed by atoms with Gasteiger partial charge in [-0.25, -0.2) is 8.42 Å². The van der Waals surface area contributed by atoms with Crippen LogP contribution in [0.2, 0.25) is 10.0 Å². The van der Waals surface area contributed by atoms with Crippen LogP contribution in [0.5, 0.6) is 0 Å². The van der Waals surface area contributed by atoms with Crippen LogP contribution in [0.4, 0.5) is 0 Å². The summed E-state index contributed by atoms with van der Waals surface area (Å²) >= 11 is 12.1. The summed E-state index contributed by atoms with van der Waals surface area (Å²) in [6, 6.07) is 8.31. The Hall–Kier alpha value is -1.01. The SMILES string of the molecule is CC1c2cccn2CCN1S(=O)(=O)c1c(Cl)cccc1Cl. The van der Waals surface area contributed by atoms with Crippen LogP contribution in [0.15, 0.2) is 41.4 Å². The first-order chi connectivity index (χ1) is 9.93. The van der Waals surface area contributed by atoms with E-state index in [9.17, 15) is 8.42 Å². The van der Waals surface area contributed by atoms with Gasteiger partial charge in [-0.2, -0.15) is 4.31 Å². The molecule has 7 heteroatoms. The van der Waals surface area contributed by atoms with E-state index >= 15 is 0 Å². The number of fused-ring (bicyclic) bond motifs is 1. The molecule has 0 bridgehead atoms. The maximum absolute atomic E-state index is 12.9. The maximum atomic E-state index is 12.9. The molecular formula is C14H14Cl2N2O2S. The van der Waals surface area contributed by atoms with Crippen molar-refractivity contribution in [1.29, 1.82) is 0 Å². The Morgan fingerprint density at radius 2 is 1.76 bits per heavy atom. The molecule has 2 aromatic rings. The van der Waals surface area contributed by atoms with Gasteiger partial charge in [0, 0.05) is 25.0 Å². The van der Waals surface area contributed by atoms with Crippen molar-refractivity contribution in [3.8, 4) is 0 Å². The summed E-state index contributed by atoms with van der Waals surface area (Å²) in [5.74, 6) is 0. The molecule has 3 rings (SSSR count). The molecule has 4 nitrogen and oxygen atoms in total. The Morgan fingerprint density at radius 3 is 2.43 bits per heavy atom. The van der Waals surface area contributed by atoms with Crippen LogP contribution in [0, 0.1) is 0 Å². The molecule has 112 valence electrons. The summed E-state index contributed by atoms with van der Waals surface area (Å²) in [6.45, 7) is 2.88. The minimum absolute atomic E-state index is 0.0137. The van der Waals surface area contributed by atoms with Gasteiger partial charge in [0.1, 0.15) is 4.90 Å². The highest BCUT2D eigenvalue weighted by molar-refractivity contribution is 7.89. The van der Waals surface area contributed by atoms with Gasteiger partial charge in [-0.3, -0.25) is 0 Å². The molecule has 1 atom stereocenters. The van der Waals surface area contributed by atoms with Crippen molar-refractivity contribution >= 4 is 33.2 Å². The first-order valence-electron chi connectivity index (χ1n) is 6.54. The third kappa shape index (κ3) is 2.38. The second kappa shape index (κ2) is 5.32. The lowest BCUT2D eigenvalue weighted by Crippen LogP contribution is -2.40. The molecule has 1 aromatic heterocycles. The van der Waals surface area contributed by atoms with Crippen LogP contribution in [0.3, 0.4) is 0 Å². The van der Waals surface area contributed by atoms with Gasteiger partial charge in [0.2, 0.25) is 10.0 Å². The van der Waals surface area contributed by atoms with E-state index in [2.05, 4.69) is 4.57 Å². The molecular weight excluding hydrogens is 331 g/mol. The molecule has 0 aliphatic carbocycles. The van der Waals surface area contributed by atoms with E-state index in [1.165, 1.54) is 16.4 Å². The Morgan fingerprint density at radius 1 is 1.10 bits per heavy atom. The van der Waals surface area contributed by atoms with E-state index in [0.29, 0.717) is 13.1 Å². The summed E-state index contributed by atoms with van der Waals surface area (Å²) in [5, 5.41) is 0.298. The van der Waals surface area contributed by atoms with Gasteiger partial charge in [0.05, 0.1) is 16.1 Å². The Balaban J connectivity index is 2.08. The number of hydrogen-bond acceptors (Lipinski definition) is 2. The number of aromatic nitrogens is 1. The molecule has 2 heterocycles. The standard InChI is InChI=1S/C14H14Cl2N2O2S/c1-10-13-6-3-7-17(13)8-9-18(10)21(19,20)14-11(15)4-2-5-12(14)16/h2-7,10H,8-9H2,1H3. The van der Waals surface area contributed by atoms with Crippen LogP contribution >= 0.6 is 23.2 Å². The second-order valence-electron chi connectivity index (χ2n) is 4.97. The van der Waals surface area contributed by atoms with Gasteiger partial charge in [-0.15, -0.1) is 0 Å². The number of halogens is 2. The molecule has 1 unspecified atom stereocenters. The van der Waals surface area contributed by atoms with Gasteiger partial charge in [-0.05, 0) is 31.2 Å². The van der Waals surface area contributed by atoms with E-state index < -0.39 is 10.0 Å². The van der Waals surface area contributed by atoms with Crippen molar-refractivity contribution in [2.24, 2.45) is 0 Å². The fourth-order valence-corrected chi connectivity index (χ4v) is 5.42. The molecule has 21 heavy (non-hydrogen) atoms. The monoisotopic (exact) mass is 344 g/mol. The van der Waals surface area contributed by atoms with Crippen molar-refractivity contribution in [2.45, 2.75) is 24.4 Å². The normalized spacial score (nSPS) is 19.5. The molecule has 0 radical (unpaired) electrons. The van der Waals surface area contributed by atoms with Crippen molar-refractivity contribution in [1.82, 2.24) is 8.87 Å². The average Bonchev–Trinajstić information content (AvgIpc) is 2.87. The Kier molecular flexibility index (Phi) is 3.78. The molecule has 0 N–H and O–H groups in total. The molecule has 1 aromatic carbocycles. The van der Waals surface area contributed by atoms with Crippen LogP contribution in [-0.4, -0.2) is 23.8 Å². The van der Waals surface area contributed by atoms with E-state index in [1.807, 2.05) is 25.3 Å². The number of hydrogen-bond donors (Lipinski definition) is 0. The minimum Gasteiger partial charge on any atom is -0.349 e. The van der Waals surface area contributed by atoms with Crippen LogP contribution < -0.4 is 0 Å². The number of rotatable bonds is 2. The fraction of sp³-hybridized carbons (Fsp3) is 0.286. The molecule has 1 aliphatic rings. The number of sulfonamides is 1. The van der Waals surface area contributed by atoms with E-state index in [-0.39, 0.29) is 21.0 Å². The zero-order valence-electron chi connectivity index (χ0n) is 11.3. The van der Waals surface area contributed by atoms with Gasteiger partial charge in [-0.1, -0.05) is 29.3 Å². The third-order valence-electron chi connectivity index (χ3n) is 3.77. The van der Waals surface area contributed by atoms with Gasteiger partial charge >= 0.3 is 0 Å². The molecule has 0 spiro atoms. The first-order valence-corrected chi connectivity index (χ1v) is 8.73. The second-order valence-corrected chi connectivity index (χ2v) is 7.61. The maximum Gasteiger partial charge on any atom is 0.246 e. The van der Waals surface area contributed by atoms with Gasteiger partial charge in [0.15, 0.2) is 0 Å². The highest BCUT2D eigenvalue weighted by atomic mass is 35.5.